The van der Waals surface area contributed by atoms with Gasteiger partial charge in [0.15, 0.2) is 0 Å². The van der Waals surface area contributed by atoms with Crippen LogP contribution in [0.1, 0.15) is 11.3 Å². The van der Waals surface area contributed by atoms with E-state index in [0.29, 0.717) is 5.76 Å². The summed E-state index contributed by atoms with van der Waals surface area (Å²) in [4.78, 5) is 0. The normalized spacial score (nSPS) is 13.4. The monoisotopic (exact) mass is 285 g/mol. The SMILES string of the molecule is NC(CO)Cc1ccc(-c2ccccc2C(F)(F)F)o1. The number of rotatable bonds is 4. The number of hydrogen-bond acceptors (Lipinski definition) is 3. The van der Waals surface area contributed by atoms with E-state index in [-0.39, 0.29) is 24.4 Å². The van der Waals surface area contributed by atoms with Gasteiger partial charge in [-0.15, -0.1) is 0 Å². The summed E-state index contributed by atoms with van der Waals surface area (Å²) in [5.41, 5.74) is 4.81. The van der Waals surface area contributed by atoms with Crippen LogP contribution in [0.15, 0.2) is 40.8 Å². The molecule has 0 spiro atoms. The predicted octanol–water partition coefficient (Wildman–Crippen LogP) is 2.83. The average molecular weight is 285 g/mol. The molecule has 3 N–H and O–H groups in total. The molecule has 0 fully saturated rings. The molecule has 108 valence electrons. The first-order chi connectivity index (χ1) is 9.41. The fraction of sp³-hybridized carbons (Fsp3) is 0.286. The van der Waals surface area contributed by atoms with E-state index in [9.17, 15) is 13.2 Å². The van der Waals surface area contributed by atoms with Gasteiger partial charge in [-0.3, -0.25) is 0 Å². The van der Waals surface area contributed by atoms with Crippen LogP contribution in [0, 0.1) is 0 Å². The van der Waals surface area contributed by atoms with Crippen molar-refractivity contribution >= 4 is 0 Å². The Bertz CT molecular complexity index is 578. The maximum Gasteiger partial charge on any atom is 0.417 e. The summed E-state index contributed by atoms with van der Waals surface area (Å²) in [6, 6.07) is 7.77. The Hall–Kier alpha value is -1.79. The Morgan fingerprint density at radius 2 is 1.85 bits per heavy atom. The number of aliphatic hydroxyl groups excluding tert-OH is 1. The van der Waals surface area contributed by atoms with Gasteiger partial charge in [0.25, 0.3) is 0 Å². The summed E-state index contributed by atoms with van der Waals surface area (Å²) in [6.45, 7) is -0.213. The van der Waals surface area contributed by atoms with E-state index in [1.807, 2.05) is 0 Å². The van der Waals surface area contributed by atoms with Gasteiger partial charge in [-0.05, 0) is 18.2 Å². The van der Waals surface area contributed by atoms with Gasteiger partial charge < -0.3 is 15.3 Å². The molecule has 6 heteroatoms. The van der Waals surface area contributed by atoms with Crippen LogP contribution in [0.4, 0.5) is 13.2 Å². The molecule has 0 bridgehead atoms. The van der Waals surface area contributed by atoms with Crippen molar-refractivity contribution in [2.75, 3.05) is 6.61 Å². The van der Waals surface area contributed by atoms with Crippen LogP contribution in [0.3, 0.4) is 0 Å². The number of alkyl halides is 3. The lowest BCUT2D eigenvalue weighted by atomic mass is 10.1. The van der Waals surface area contributed by atoms with Crippen molar-refractivity contribution < 1.29 is 22.7 Å². The number of halogens is 3. The van der Waals surface area contributed by atoms with Crippen molar-refractivity contribution in [3.8, 4) is 11.3 Å². The Labute approximate surface area is 113 Å². The number of hydrogen-bond donors (Lipinski definition) is 2. The third kappa shape index (κ3) is 3.20. The zero-order chi connectivity index (χ0) is 14.8. The fourth-order valence-electron chi connectivity index (χ4n) is 1.90. The van der Waals surface area contributed by atoms with Gasteiger partial charge in [0, 0.05) is 18.0 Å². The number of furan rings is 1. The predicted molar refractivity (Wildman–Crippen MR) is 67.9 cm³/mol. The minimum Gasteiger partial charge on any atom is -0.461 e. The molecule has 0 saturated heterocycles. The zero-order valence-corrected chi connectivity index (χ0v) is 10.5. The number of nitrogens with two attached hydrogens (primary N) is 1. The van der Waals surface area contributed by atoms with Gasteiger partial charge in [-0.1, -0.05) is 18.2 Å². The molecule has 1 atom stereocenters. The molecule has 2 aromatic rings. The summed E-state index contributed by atoms with van der Waals surface area (Å²) >= 11 is 0. The molecule has 0 amide bonds. The first-order valence-electron chi connectivity index (χ1n) is 6.03. The smallest absolute Gasteiger partial charge is 0.417 e. The van der Waals surface area contributed by atoms with Crippen LogP contribution in [-0.4, -0.2) is 17.8 Å². The minimum atomic E-state index is -4.44. The summed E-state index contributed by atoms with van der Waals surface area (Å²) in [6.07, 6.45) is -4.17. The molecule has 3 nitrogen and oxygen atoms in total. The highest BCUT2D eigenvalue weighted by atomic mass is 19.4. The molecule has 0 radical (unpaired) electrons. The first kappa shape index (κ1) is 14.6. The molecule has 2 rings (SSSR count). The Morgan fingerprint density at radius 3 is 2.50 bits per heavy atom. The van der Waals surface area contributed by atoms with E-state index in [2.05, 4.69) is 0 Å². The third-order valence-corrected chi connectivity index (χ3v) is 2.86. The van der Waals surface area contributed by atoms with Crippen LogP contribution < -0.4 is 5.73 Å². The molecular weight excluding hydrogens is 271 g/mol. The van der Waals surface area contributed by atoms with Crippen LogP contribution in [-0.2, 0) is 12.6 Å². The Balaban J connectivity index is 2.33. The van der Waals surface area contributed by atoms with E-state index >= 15 is 0 Å². The Morgan fingerprint density at radius 1 is 1.15 bits per heavy atom. The van der Waals surface area contributed by atoms with Crippen LogP contribution >= 0.6 is 0 Å². The lowest BCUT2D eigenvalue weighted by Gasteiger charge is -2.10. The number of aliphatic hydroxyl groups is 1. The molecule has 1 heterocycles. The quantitative estimate of drug-likeness (QED) is 0.908. The second-order valence-electron chi connectivity index (χ2n) is 4.46. The van der Waals surface area contributed by atoms with Gasteiger partial charge in [0.05, 0.1) is 12.2 Å². The van der Waals surface area contributed by atoms with Gasteiger partial charge in [0.2, 0.25) is 0 Å². The molecule has 1 aromatic heterocycles. The second kappa shape index (κ2) is 5.68. The summed E-state index contributed by atoms with van der Waals surface area (Å²) < 4.78 is 44.1. The van der Waals surface area contributed by atoms with Gasteiger partial charge in [-0.25, -0.2) is 0 Å². The van der Waals surface area contributed by atoms with E-state index in [1.54, 1.807) is 6.07 Å². The summed E-state index contributed by atoms with van der Waals surface area (Å²) in [5, 5.41) is 8.86. The maximum atomic E-state index is 12.9. The molecule has 1 aromatic carbocycles. The van der Waals surface area contributed by atoms with Crippen molar-refractivity contribution in [3.05, 3.63) is 47.7 Å². The van der Waals surface area contributed by atoms with E-state index in [4.69, 9.17) is 15.3 Å². The fourth-order valence-corrected chi connectivity index (χ4v) is 1.90. The maximum absolute atomic E-state index is 12.9. The largest absolute Gasteiger partial charge is 0.461 e. The molecule has 1 unspecified atom stereocenters. The topological polar surface area (TPSA) is 59.4 Å². The number of benzene rings is 1. The van der Waals surface area contributed by atoms with E-state index in [1.165, 1.54) is 24.3 Å². The van der Waals surface area contributed by atoms with E-state index in [0.717, 1.165) is 6.07 Å². The van der Waals surface area contributed by atoms with Crippen molar-refractivity contribution in [2.24, 2.45) is 5.73 Å². The van der Waals surface area contributed by atoms with Crippen molar-refractivity contribution in [1.82, 2.24) is 0 Å². The van der Waals surface area contributed by atoms with Crippen molar-refractivity contribution in [2.45, 2.75) is 18.6 Å². The molecule has 0 saturated carbocycles. The van der Waals surface area contributed by atoms with Gasteiger partial charge in [-0.2, -0.15) is 13.2 Å². The second-order valence-corrected chi connectivity index (χ2v) is 4.46. The van der Waals surface area contributed by atoms with E-state index < -0.39 is 17.8 Å². The highest BCUT2D eigenvalue weighted by molar-refractivity contribution is 5.63. The standard InChI is InChI=1S/C14H14F3NO2/c15-14(16,17)12-4-2-1-3-11(12)13-6-5-10(20-13)7-9(18)8-19/h1-6,9,19H,7-8,18H2. The first-order valence-corrected chi connectivity index (χ1v) is 6.03. The van der Waals surface area contributed by atoms with Crippen LogP contribution in [0.2, 0.25) is 0 Å². The Kier molecular flexibility index (Phi) is 4.15. The van der Waals surface area contributed by atoms with Crippen molar-refractivity contribution in [1.29, 1.82) is 0 Å². The summed E-state index contributed by atoms with van der Waals surface area (Å²) in [7, 11) is 0. The van der Waals surface area contributed by atoms with Crippen molar-refractivity contribution in [3.63, 3.8) is 0 Å². The average Bonchev–Trinajstić information content (AvgIpc) is 2.86. The lowest BCUT2D eigenvalue weighted by Crippen LogP contribution is -2.26. The molecule has 0 aliphatic rings. The molecule has 0 aliphatic carbocycles. The highest BCUT2D eigenvalue weighted by Gasteiger charge is 2.34. The van der Waals surface area contributed by atoms with Crippen LogP contribution in [0.5, 0.6) is 0 Å². The highest BCUT2D eigenvalue weighted by Crippen LogP contribution is 2.37. The zero-order valence-electron chi connectivity index (χ0n) is 10.5. The minimum absolute atomic E-state index is 0.0104. The third-order valence-electron chi connectivity index (χ3n) is 2.86. The van der Waals surface area contributed by atoms with Crippen LogP contribution in [0.25, 0.3) is 11.3 Å². The molecule has 20 heavy (non-hydrogen) atoms. The lowest BCUT2D eigenvalue weighted by molar-refractivity contribution is -0.137. The van der Waals surface area contributed by atoms with Gasteiger partial charge >= 0.3 is 6.18 Å². The molecule has 0 aliphatic heterocycles. The van der Waals surface area contributed by atoms with Gasteiger partial charge in [0.1, 0.15) is 11.5 Å². The summed E-state index contributed by atoms with van der Waals surface area (Å²) in [5.74, 6) is 0.580. The molecular formula is C14H14F3NO2.